The lowest BCUT2D eigenvalue weighted by atomic mass is 9.70. The minimum atomic E-state index is -1.38. The number of imide groups is 2. The predicted octanol–water partition coefficient (Wildman–Crippen LogP) is 7.46. The molecule has 15 heteroatoms. The maximum absolute atomic E-state index is 14.9. The zero-order valence-corrected chi connectivity index (χ0v) is 34.1. The Morgan fingerprint density at radius 3 is 1.98 bits per heavy atom. The van der Waals surface area contributed by atoms with Crippen molar-refractivity contribution in [2.75, 3.05) is 43.5 Å². The maximum atomic E-state index is 14.9. The van der Waals surface area contributed by atoms with Gasteiger partial charge in [-0.3, -0.25) is 19.3 Å². The van der Waals surface area contributed by atoms with E-state index >= 15 is 0 Å². The van der Waals surface area contributed by atoms with Crippen molar-refractivity contribution in [1.82, 2.24) is 15.1 Å². The van der Waals surface area contributed by atoms with E-state index in [9.17, 15) is 29.7 Å². The monoisotopic (exact) mass is 843 g/mol. The van der Waals surface area contributed by atoms with Crippen LogP contribution in [0.3, 0.4) is 0 Å². The summed E-state index contributed by atoms with van der Waals surface area (Å²) in [6, 6.07) is 19.5. The lowest BCUT2D eigenvalue weighted by Crippen LogP contribution is -2.55. The molecule has 57 heavy (non-hydrogen) atoms. The highest BCUT2D eigenvalue weighted by Crippen LogP contribution is 2.48. The van der Waals surface area contributed by atoms with Gasteiger partial charge in [0, 0.05) is 70.2 Å². The summed E-state index contributed by atoms with van der Waals surface area (Å²) in [6.45, 7) is 2.54. The van der Waals surface area contributed by atoms with Crippen molar-refractivity contribution < 1.29 is 19.2 Å². The molecule has 1 N–H and O–H groups in total. The average Bonchev–Trinajstić information content (AvgIpc) is 3.73. The molecule has 0 radical (unpaired) electrons. The number of likely N-dealkylation sites (tertiary alicyclic amines) is 1. The van der Waals surface area contributed by atoms with E-state index in [4.69, 9.17) is 46.4 Å². The molecule has 3 fully saturated rings. The number of amides is 5. The maximum Gasteiger partial charge on any atom is 0.332 e. The number of urea groups is 1. The topological polar surface area (TPSA) is 141 Å². The van der Waals surface area contributed by atoms with Crippen molar-refractivity contribution in [3.05, 3.63) is 116 Å². The predicted molar refractivity (Wildman–Crippen MR) is 219 cm³/mol. The molecule has 0 aromatic heterocycles. The van der Waals surface area contributed by atoms with Crippen LogP contribution in [0.5, 0.6) is 0 Å². The molecule has 1 aliphatic carbocycles. The Labute approximate surface area is 350 Å². The van der Waals surface area contributed by atoms with Crippen LogP contribution in [0.25, 0.3) is 0 Å². The zero-order chi connectivity index (χ0) is 40.9. The van der Waals surface area contributed by atoms with Gasteiger partial charge in [-0.05, 0) is 85.5 Å². The highest BCUT2D eigenvalue weighted by molar-refractivity contribution is 6.36. The standard InChI is InChI=1S/C42H37Cl4N7O4/c1-23-36(39(55)52(38(23)54)32-14-28(43)12-29(44)15-32)37(27-10-6-25(19-48)7-11-27)35(49-2)21-51-20-34(26-8-4-24(18-47)5-9-26)42(22-51)40(56)53(41(57)50(42)3)33-16-30(45)13-31(46)17-33/h4-10,12-17,23,27,34-37,49H,11,20-22H2,1-3H3/t23?,27?,34?,35?,36-,37-,42+/m0/s1. The van der Waals surface area contributed by atoms with Crippen LogP contribution in [0.4, 0.5) is 16.2 Å². The Hall–Kier alpha value is -4.72. The lowest BCUT2D eigenvalue weighted by molar-refractivity contribution is -0.125. The number of hydrogen-bond donors (Lipinski definition) is 1. The van der Waals surface area contributed by atoms with Gasteiger partial charge < -0.3 is 10.2 Å². The number of carbonyl (C=O) groups excluding carboxylic acids is 4. The van der Waals surface area contributed by atoms with Crippen LogP contribution < -0.4 is 15.1 Å². The molecule has 3 aromatic rings. The molecule has 0 bridgehead atoms. The normalized spacial score (nSPS) is 26.0. The van der Waals surface area contributed by atoms with E-state index in [0.29, 0.717) is 30.6 Å². The molecule has 292 valence electrons. The van der Waals surface area contributed by atoms with Gasteiger partial charge >= 0.3 is 6.03 Å². The number of nitrogens with one attached hydrogen (secondary N) is 1. The summed E-state index contributed by atoms with van der Waals surface area (Å²) >= 11 is 25.3. The molecule has 5 amide bonds. The molecule has 3 heterocycles. The van der Waals surface area contributed by atoms with E-state index in [1.165, 1.54) is 41.3 Å². The number of anilines is 2. The molecule has 7 atom stereocenters. The second kappa shape index (κ2) is 15.9. The summed E-state index contributed by atoms with van der Waals surface area (Å²) < 4.78 is 0. The summed E-state index contributed by atoms with van der Waals surface area (Å²) in [5, 5.41) is 23.7. The van der Waals surface area contributed by atoms with Crippen molar-refractivity contribution in [3.8, 4) is 12.1 Å². The minimum absolute atomic E-state index is 0.133. The van der Waals surface area contributed by atoms with Crippen LogP contribution >= 0.6 is 46.4 Å². The Morgan fingerprint density at radius 2 is 1.46 bits per heavy atom. The molecule has 11 nitrogen and oxygen atoms in total. The van der Waals surface area contributed by atoms with E-state index < -0.39 is 47.2 Å². The van der Waals surface area contributed by atoms with E-state index in [1.54, 1.807) is 39.2 Å². The van der Waals surface area contributed by atoms with Gasteiger partial charge in [0.25, 0.3) is 5.91 Å². The Balaban J connectivity index is 1.28. The number of hydrogen-bond acceptors (Lipinski definition) is 8. The quantitative estimate of drug-likeness (QED) is 0.173. The van der Waals surface area contributed by atoms with Crippen LogP contribution in [0, 0.1) is 46.3 Å². The molecular weight excluding hydrogens is 808 g/mol. The number of likely N-dealkylation sites (N-methyl/N-ethyl adjacent to an activating group) is 2. The molecule has 3 aromatic carbocycles. The van der Waals surface area contributed by atoms with Gasteiger partial charge in [-0.1, -0.05) is 77.6 Å². The summed E-state index contributed by atoms with van der Waals surface area (Å²) in [4.78, 5) is 63.5. The van der Waals surface area contributed by atoms with Crippen molar-refractivity contribution in [3.63, 3.8) is 0 Å². The number of halogens is 4. The fourth-order valence-corrected chi connectivity index (χ4v) is 10.2. The largest absolute Gasteiger partial charge is 0.332 e. The SMILES string of the molecule is CNC(CN1CC(c2ccc(C#N)cc2)[C@]2(C1)C(=O)N(c1cc(Cl)cc(Cl)c1)C(=O)N2C)[C@H](C1C=CC(C#N)=CC1)[C@H]1C(=O)N(c2cc(Cl)cc(Cl)c2)C(=O)C1C. The molecule has 4 unspecified atom stereocenters. The molecule has 4 aliphatic rings. The second-order valence-electron chi connectivity index (χ2n) is 15.0. The molecule has 1 spiro atoms. The summed E-state index contributed by atoms with van der Waals surface area (Å²) in [5.74, 6) is -3.98. The zero-order valence-electron chi connectivity index (χ0n) is 31.1. The molecule has 7 rings (SSSR count). The molecule has 3 aliphatic heterocycles. The van der Waals surface area contributed by atoms with Crippen molar-refractivity contribution >= 4 is 81.5 Å². The number of benzene rings is 3. The van der Waals surface area contributed by atoms with Crippen molar-refractivity contribution in [2.45, 2.75) is 30.8 Å². The number of rotatable bonds is 9. The third-order valence-electron chi connectivity index (χ3n) is 11.9. The van der Waals surface area contributed by atoms with Gasteiger partial charge in [0.1, 0.15) is 5.54 Å². The summed E-state index contributed by atoms with van der Waals surface area (Å²) in [6.07, 6.45) is 5.98. The van der Waals surface area contributed by atoms with Crippen LogP contribution in [0.2, 0.25) is 20.1 Å². The number of nitrogens with zero attached hydrogens (tertiary/aromatic N) is 6. The first-order valence-corrected chi connectivity index (χ1v) is 19.8. The fraction of sp³-hybridized carbons (Fsp3) is 0.333. The third kappa shape index (κ3) is 7.12. The van der Waals surface area contributed by atoms with Crippen LogP contribution in [-0.2, 0) is 14.4 Å². The second-order valence-corrected chi connectivity index (χ2v) is 16.7. The van der Waals surface area contributed by atoms with Gasteiger partial charge in [-0.25, -0.2) is 14.6 Å². The van der Waals surface area contributed by atoms with Gasteiger partial charge in [0.15, 0.2) is 0 Å². The van der Waals surface area contributed by atoms with Crippen molar-refractivity contribution in [1.29, 1.82) is 10.5 Å². The first-order valence-electron chi connectivity index (χ1n) is 18.3. The van der Waals surface area contributed by atoms with Gasteiger partial charge in [0.2, 0.25) is 11.8 Å². The van der Waals surface area contributed by atoms with E-state index in [0.717, 1.165) is 15.4 Å². The first kappa shape index (κ1) is 40.5. The number of allylic oxidation sites excluding steroid dienone is 4. The Bertz CT molecular complexity index is 2280. The Kier molecular flexibility index (Phi) is 11.3. The van der Waals surface area contributed by atoms with Gasteiger partial charge in [0.05, 0.1) is 35.0 Å². The van der Waals surface area contributed by atoms with Gasteiger partial charge in [-0.15, -0.1) is 0 Å². The van der Waals surface area contributed by atoms with E-state index in [1.807, 2.05) is 24.3 Å². The minimum Gasteiger partial charge on any atom is -0.315 e. The van der Waals surface area contributed by atoms with E-state index in [2.05, 4.69) is 22.4 Å². The Morgan fingerprint density at radius 1 is 0.860 bits per heavy atom. The molecule has 3 saturated heterocycles. The fourth-order valence-electron chi connectivity index (χ4n) is 9.19. The number of carbonyl (C=O) groups is 4. The van der Waals surface area contributed by atoms with Crippen LogP contribution in [-0.4, -0.2) is 78.9 Å². The van der Waals surface area contributed by atoms with Gasteiger partial charge in [-0.2, -0.15) is 10.5 Å². The highest BCUT2D eigenvalue weighted by Gasteiger charge is 2.64. The van der Waals surface area contributed by atoms with E-state index in [-0.39, 0.29) is 55.7 Å². The number of nitriles is 2. The first-order chi connectivity index (χ1) is 27.2. The average molecular weight is 846 g/mol. The smallest absolute Gasteiger partial charge is 0.315 e. The summed E-state index contributed by atoms with van der Waals surface area (Å²) in [5.41, 5.74) is 0.872. The molecular formula is C42H37Cl4N7O4. The lowest BCUT2D eigenvalue weighted by Gasteiger charge is -2.39. The third-order valence-corrected chi connectivity index (χ3v) is 12.8. The highest BCUT2D eigenvalue weighted by atomic mass is 35.5. The summed E-state index contributed by atoms with van der Waals surface area (Å²) in [7, 11) is 3.41. The van der Waals surface area contributed by atoms with Crippen LogP contribution in [0.1, 0.15) is 30.4 Å². The van der Waals surface area contributed by atoms with Crippen molar-refractivity contribution in [2.24, 2.45) is 23.7 Å². The van der Waals surface area contributed by atoms with Crippen LogP contribution in [0.15, 0.2) is 84.5 Å². The molecule has 0 saturated carbocycles.